The van der Waals surface area contributed by atoms with E-state index in [1.165, 1.54) is 18.3 Å². The number of carboxylic acid groups (broad SMARTS) is 2. The Morgan fingerprint density at radius 2 is 1.82 bits per heavy atom. The molecule has 10 heteroatoms. The molecule has 0 aliphatic carbocycles. The fourth-order valence-corrected chi connectivity index (χ4v) is 0.823. The van der Waals surface area contributed by atoms with Crippen molar-refractivity contribution >= 4 is 19.3 Å². The predicted octanol–water partition coefficient (Wildman–Crippen LogP) is -0.665. The van der Waals surface area contributed by atoms with Crippen LogP contribution in [0.5, 0.6) is 0 Å². The quantitative estimate of drug-likeness (QED) is 0.456. The van der Waals surface area contributed by atoms with Crippen molar-refractivity contribution in [2.75, 3.05) is 0 Å². The summed E-state index contributed by atoms with van der Waals surface area (Å²) in [6, 6.07) is 2.56. The van der Waals surface area contributed by atoms with Crippen molar-refractivity contribution in [3.8, 4) is 0 Å². The zero-order valence-corrected chi connectivity index (χ0v) is 8.14. The average molecular weight is 243 g/mol. The summed E-state index contributed by atoms with van der Waals surface area (Å²) in [5.41, 5.74) is -0.741. The summed E-state index contributed by atoms with van der Waals surface area (Å²) >= 11 is 0. The molecular weight excluding hydrogens is 237 g/mol. The van der Waals surface area contributed by atoms with Gasteiger partial charge in [-0.05, 0) is 12.1 Å². The molecule has 0 saturated carbocycles. The third-order valence-corrected chi connectivity index (χ3v) is 1.48. The van der Waals surface area contributed by atoms with Crippen molar-refractivity contribution in [2.45, 2.75) is 0 Å². The van der Waals surface area contributed by atoms with Crippen LogP contribution in [0.15, 0.2) is 18.3 Å². The Bertz CT molecular complexity index is 387. The minimum Gasteiger partial charge on any atom is -0.478 e. The molecule has 1 saturated heterocycles. The SMILES string of the molecule is O=C(O)c1cccnc1C(=O)O.OB1OOO1. The molecule has 0 amide bonds. The number of aromatic nitrogens is 1. The Hall–Kier alpha value is -2.01. The van der Waals surface area contributed by atoms with Gasteiger partial charge >= 0.3 is 19.3 Å². The van der Waals surface area contributed by atoms with Crippen LogP contribution in [-0.2, 0) is 14.6 Å². The lowest BCUT2D eigenvalue weighted by atomic mass is 10.2. The molecule has 2 heterocycles. The van der Waals surface area contributed by atoms with Gasteiger partial charge in [-0.1, -0.05) is 5.04 Å². The number of carbonyl (C=O) groups is 2. The van der Waals surface area contributed by atoms with Crippen LogP contribution < -0.4 is 0 Å². The fraction of sp³-hybridized carbons (Fsp3) is 0. The molecule has 2 rings (SSSR count). The van der Waals surface area contributed by atoms with Crippen LogP contribution in [0.25, 0.3) is 0 Å². The van der Waals surface area contributed by atoms with E-state index >= 15 is 0 Å². The van der Waals surface area contributed by atoms with Crippen LogP contribution in [0.4, 0.5) is 0 Å². The molecule has 0 aromatic carbocycles. The summed E-state index contributed by atoms with van der Waals surface area (Å²) in [5.74, 6) is -2.63. The second-order valence-corrected chi connectivity index (χ2v) is 2.58. The van der Waals surface area contributed by atoms with Gasteiger partial charge in [0, 0.05) is 6.20 Å². The molecule has 1 aliphatic rings. The van der Waals surface area contributed by atoms with Crippen LogP contribution in [0, 0.1) is 0 Å². The molecule has 1 aromatic rings. The van der Waals surface area contributed by atoms with E-state index < -0.39 is 25.0 Å². The predicted molar refractivity (Wildman–Crippen MR) is 49.4 cm³/mol. The molecule has 0 atom stereocenters. The van der Waals surface area contributed by atoms with Crippen molar-refractivity contribution in [2.24, 2.45) is 0 Å². The van der Waals surface area contributed by atoms with E-state index in [2.05, 4.69) is 19.6 Å². The van der Waals surface area contributed by atoms with Gasteiger partial charge in [0.05, 0.1) is 5.56 Å². The highest BCUT2D eigenvalue weighted by Crippen LogP contribution is 2.04. The largest absolute Gasteiger partial charge is 0.698 e. The highest BCUT2D eigenvalue weighted by atomic mass is 17.6. The van der Waals surface area contributed by atoms with Gasteiger partial charge < -0.3 is 15.2 Å². The van der Waals surface area contributed by atoms with Crippen molar-refractivity contribution < 1.29 is 39.5 Å². The van der Waals surface area contributed by atoms with E-state index in [9.17, 15) is 9.59 Å². The van der Waals surface area contributed by atoms with Gasteiger partial charge in [0.25, 0.3) is 0 Å². The molecule has 90 valence electrons. The third-order valence-electron chi connectivity index (χ3n) is 1.48. The van der Waals surface area contributed by atoms with Crippen LogP contribution in [0.3, 0.4) is 0 Å². The maximum Gasteiger partial charge on any atom is 0.698 e. The topological polar surface area (TPSA) is 135 Å². The zero-order valence-electron chi connectivity index (χ0n) is 8.14. The monoisotopic (exact) mass is 243 g/mol. The number of carboxylic acids is 2. The molecule has 0 spiro atoms. The number of hydrogen-bond acceptors (Lipinski definition) is 7. The minimum atomic E-state index is -1.34. The summed E-state index contributed by atoms with van der Waals surface area (Å²) in [7, 11) is -1.16. The number of aromatic carboxylic acids is 2. The maximum atomic E-state index is 10.4. The third kappa shape index (κ3) is 3.81. The molecule has 1 aromatic heterocycles. The van der Waals surface area contributed by atoms with Crippen LogP contribution in [-0.4, -0.2) is 39.5 Å². The minimum absolute atomic E-state index is 0.301. The lowest BCUT2D eigenvalue weighted by molar-refractivity contribution is -0.521. The summed E-state index contributed by atoms with van der Waals surface area (Å²) in [6.45, 7) is 0. The molecule has 9 nitrogen and oxygen atoms in total. The first-order valence-corrected chi connectivity index (χ1v) is 4.11. The Morgan fingerprint density at radius 3 is 2.12 bits per heavy atom. The average Bonchev–Trinajstić information content (AvgIpc) is 2.27. The first-order valence-electron chi connectivity index (χ1n) is 4.11. The van der Waals surface area contributed by atoms with Crippen molar-refractivity contribution in [3.05, 3.63) is 29.6 Å². The molecule has 1 fully saturated rings. The van der Waals surface area contributed by atoms with E-state index in [0.717, 1.165) is 0 Å². The van der Waals surface area contributed by atoms with Gasteiger partial charge in [-0.2, -0.15) is 0 Å². The molecule has 0 bridgehead atoms. The number of rotatable bonds is 2. The molecule has 1 aliphatic heterocycles. The van der Waals surface area contributed by atoms with Gasteiger partial charge in [-0.25, -0.2) is 24.2 Å². The number of hydrogen-bond donors (Lipinski definition) is 3. The van der Waals surface area contributed by atoms with Crippen molar-refractivity contribution in [3.63, 3.8) is 0 Å². The molecule has 0 radical (unpaired) electrons. The van der Waals surface area contributed by atoms with Gasteiger partial charge in [0.2, 0.25) is 0 Å². The standard InChI is InChI=1S/C7H5NO4.BHO4/c9-6(10)4-2-1-3-8-5(4)7(11)12;2-1-3-5-4-1/h1-3H,(H,9,10)(H,11,12);2H. The molecule has 17 heavy (non-hydrogen) atoms. The van der Waals surface area contributed by atoms with Crippen molar-refractivity contribution in [1.82, 2.24) is 4.98 Å². The fourth-order valence-electron chi connectivity index (χ4n) is 0.823. The Kier molecular flexibility index (Phi) is 4.54. The first-order chi connectivity index (χ1) is 8.02. The lowest BCUT2D eigenvalue weighted by Crippen LogP contribution is -2.33. The van der Waals surface area contributed by atoms with Crippen LogP contribution >= 0.6 is 0 Å². The zero-order chi connectivity index (χ0) is 12.8. The Balaban J connectivity index is 0.000000239. The second-order valence-electron chi connectivity index (χ2n) is 2.58. The van der Waals surface area contributed by atoms with Gasteiger partial charge in [-0.15, -0.1) is 0 Å². The van der Waals surface area contributed by atoms with E-state index in [1.807, 2.05) is 0 Å². The van der Waals surface area contributed by atoms with Gasteiger partial charge in [0.15, 0.2) is 5.69 Å². The van der Waals surface area contributed by atoms with E-state index in [0.29, 0.717) is 0 Å². The second kappa shape index (κ2) is 5.91. The van der Waals surface area contributed by atoms with E-state index in [4.69, 9.17) is 15.2 Å². The summed E-state index contributed by atoms with van der Waals surface area (Å²) < 4.78 is 0. The summed E-state index contributed by atoms with van der Waals surface area (Å²) in [5, 5.41) is 28.5. The van der Waals surface area contributed by atoms with E-state index in [-0.39, 0.29) is 5.56 Å². The smallest absolute Gasteiger partial charge is 0.478 e. The lowest BCUT2D eigenvalue weighted by Gasteiger charge is -2.10. The van der Waals surface area contributed by atoms with E-state index in [1.54, 1.807) is 0 Å². The maximum absolute atomic E-state index is 10.4. The van der Waals surface area contributed by atoms with Crippen LogP contribution in [0.1, 0.15) is 20.8 Å². The highest BCUT2D eigenvalue weighted by Gasteiger charge is 2.29. The van der Waals surface area contributed by atoms with Crippen molar-refractivity contribution in [1.29, 1.82) is 0 Å². The summed E-state index contributed by atoms with van der Waals surface area (Å²) in [6.07, 6.45) is 1.23. The van der Waals surface area contributed by atoms with Gasteiger partial charge in [0.1, 0.15) is 0 Å². The normalized spacial score (nSPS) is 13.1. The highest BCUT2D eigenvalue weighted by molar-refractivity contribution is 6.35. The summed E-state index contributed by atoms with van der Waals surface area (Å²) in [4.78, 5) is 31.8. The van der Waals surface area contributed by atoms with Crippen LogP contribution in [0.2, 0.25) is 0 Å². The number of pyridine rings is 1. The van der Waals surface area contributed by atoms with Gasteiger partial charge in [-0.3, -0.25) is 0 Å². The Morgan fingerprint density at radius 1 is 1.24 bits per heavy atom. The first kappa shape index (κ1) is 13.1. The Labute approximate surface area is 94.2 Å². The number of nitrogens with zero attached hydrogens (tertiary/aromatic N) is 1. The molecular formula is C7H6BNO8. The molecule has 3 N–H and O–H groups in total. The molecule has 0 unspecified atom stereocenters.